The molecular weight excluding hydrogens is 120 g/mol. The van der Waals surface area contributed by atoms with Gasteiger partial charge in [0.05, 0.1) is 12.2 Å². The second-order valence-corrected chi connectivity index (χ2v) is 1.45. The molecule has 0 saturated heterocycles. The summed E-state index contributed by atoms with van der Waals surface area (Å²) in [5.41, 5.74) is 0. The zero-order valence-electron chi connectivity index (χ0n) is 4.94. The van der Waals surface area contributed by atoms with Gasteiger partial charge < -0.3 is 9.94 Å². The second-order valence-electron chi connectivity index (χ2n) is 1.45. The molecule has 0 atom stereocenters. The lowest BCUT2D eigenvalue weighted by molar-refractivity contribution is -0.669. The van der Waals surface area contributed by atoms with Gasteiger partial charge in [0.25, 0.3) is 5.88 Å². The van der Waals surface area contributed by atoms with Crippen molar-refractivity contribution >= 4 is 0 Å². The Balaban J connectivity index is 2.94. The first-order valence-corrected chi connectivity index (χ1v) is 2.43. The SMILES string of the molecule is COc1ccc[n+]([O-])n1. The minimum absolute atomic E-state index is 0.326. The van der Waals surface area contributed by atoms with Gasteiger partial charge in [-0.15, -0.1) is 0 Å². The number of ether oxygens (including phenoxy) is 1. The molecule has 48 valence electrons. The third kappa shape index (κ3) is 1.28. The average molecular weight is 126 g/mol. The molecule has 0 bridgehead atoms. The Morgan fingerprint density at radius 3 is 3.00 bits per heavy atom. The van der Waals surface area contributed by atoms with Crippen molar-refractivity contribution in [3.05, 3.63) is 23.5 Å². The van der Waals surface area contributed by atoms with Crippen LogP contribution in [0.5, 0.6) is 5.88 Å². The lowest BCUT2D eigenvalue weighted by atomic mass is 10.6. The molecule has 1 aromatic heterocycles. The molecule has 0 aliphatic heterocycles. The van der Waals surface area contributed by atoms with Crippen LogP contribution in [0.4, 0.5) is 0 Å². The summed E-state index contributed by atoms with van der Waals surface area (Å²) in [6.45, 7) is 0. The quantitative estimate of drug-likeness (QED) is 0.384. The molecule has 0 aliphatic carbocycles. The molecule has 0 fully saturated rings. The summed E-state index contributed by atoms with van der Waals surface area (Å²) >= 11 is 0. The van der Waals surface area contributed by atoms with Crippen molar-refractivity contribution in [2.24, 2.45) is 0 Å². The zero-order valence-corrected chi connectivity index (χ0v) is 4.94. The van der Waals surface area contributed by atoms with Gasteiger partial charge in [0.15, 0.2) is 0 Å². The predicted molar refractivity (Wildman–Crippen MR) is 29.7 cm³/mol. The highest BCUT2D eigenvalue weighted by molar-refractivity contribution is 5.02. The van der Waals surface area contributed by atoms with Crippen LogP contribution in [0.1, 0.15) is 0 Å². The summed E-state index contributed by atoms with van der Waals surface area (Å²) in [5.74, 6) is 0.326. The first-order chi connectivity index (χ1) is 4.33. The molecule has 1 aromatic rings. The van der Waals surface area contributed by atoms with Gasteiger partial charge in [0, 0.05) is 12.1 Å². The summed E-state index contributed by atoms with van der Waals surface area (Å²) in [7, 11) is 1.46. The topological polar surface area (TPSA) is 49.1 Å². The largest absolute Gasteiger partial charge is 0.594 e. The summed E-state index contributed by atoms with van der Waals surface area (Å²) < 4.78 is 4.66. The van der Waals surface area contributed by atoms with Crippen LogP contribution in [0.2, 0.25) is 0 Å². The minimum Gasteiger partial charge on any atom is -0.594 e. The summed E-state index contributed by atoms with van der Waals surface area (Å²) in [6, 6.07) is 3.17. The van der Waals surface area contributed by atoms with E-state index in [1.165, 1.54) is 13.3 Å². The fraction of sp³-hybridized carbons (Fsp3) is 0.200. The first-order valence-electron chi connectivity index (χ1n) is 2.43. The molecule has 0 aliphatic rings. The Hall–Kier alpha value is -1.32. The zero-order chi connectivity index (χ0) is 6.69. The van der Waals surface area contributed by atoms with Gasteiger partial charge >= 0.3 is 0 Å². The van der Waals surface area contributed by atoms with Crippen molar-refractivity contribution in [3.63, 3.8) is 0 Å². The summed E-state index contributed by atoms with van der Waals surface area (Å²) in [5, 5.41) is 13.8. The van der Waals surface area contributed by atoms with Crippen LogP contribution in [0.15, 0.2) is 18.3 Å². The van der Waals surface area contributed by atoms with Gasteiger partial charge in [-0.1, -0.05) is 4.85 Å². The monoisotopic (exact) mass is 126 g/mol. The fourth-order valence-electron chi connectivity index (χ4n) is 0.472. The molecule has 0 saturated carbocycles. The summed E-state index contributed by atoms with van der Waals surface area (Å²) in [6.07, 6.45) is 1.29. The van der Waals surface area contributed by atoms with E-state index >= 15 is 0 Å². The van der Waals surface area contributed by atoms with Crippen LogP contribution in [0, 0.1) is 5.21 Å². The lowest BCUT2D eigenvalue weighted by Gasteiger charge is -1.94. The number of aromatic nitrogens is 2. The van der Waals surface area contributed by atoms with E-state index in [0.29, 0.717) is 10.7 Å². The number of rotatable bonds is 1. The van der Waals surface area contributed by atoms with E-state index in [9.17, 15) is 5.21 Å². The van der Waals surface area contributed by atoms with E-state index in [2.05, 4.69) is 9.84 Å². The Morgan fingerprint density at radius 1 is 1.78 bits per heavy atom. The highest BCUT2D eigenvalue weighted by Gasteiger charge is 1.93. The Kier molecular flexibility index (Phi) is 1.48. The van der Waals surface area contributed by atoms with Crippen LogP contribution in [-0.4, -0.2) is 12.2 Å². The van der Waals surface area contributed by atoms with E-state index < -0.39 is 0 Å². The Labute approximate surface area is 52.3 Å². The van der Waals surface area contributed by atoms with Gasteiger partial charge in [0.2, 0.25) is 6.20 Å². The average Bonchev–Trinajstić information content (AvgIpc) is 1.88. The lowest BCUT2D eigenvalue weighted by Crippen LogP contribution is -2.29. The normalized spacial score (nSPS) is 9.00. The molecule has 0 spiro atoms. The number of hydrogen-bond donors (Lipinski definition) is 0. The van der Waals surface area contributed by atoms with Crippen LogP contribution in [0.3, 0.4) is 0 Å². The van der Waals surface area contributed by atoms with Crippen molar-refractivity contribution in [2.75, 3.05) is 7.11 Å². The van der Waals surface area contributed by atoms with Gasteiger partial charge in [-0.25, -0.2) is 0 Å². The molecule has 0 N–H and O–H groups in total. The van der Waals surface area contributed by atoms with Crippen molar-refractivity contribution in [1.29, 1.82) is 0 Å². The van der Waals surface area contributed by atoms with Crippen molar-refractivity contribution in [2.45, 2.75) is 0 Å². The molecule has 0 radical (unpaired) electrons. The molecule has 1 heterocycles. The molecular formula is C5H6N2O2. The van der Waals surface area contributed by atoms with E-state index in [0.717, 1.165) is 0 Å². The third-order valence-corrected chi connectivity index (χ3v) is 0.859. The molecule has 4 heteroatoms. The third-order valence-electron chi connectivity index (χ3n) is 0.859. The van der Waals surface area contributed by atoms with E-state index in [1.807, 2.05) is 0 Å². The van der Waals surface area contributed by atoms with E-state index in [-0.39, 0.29) is 0 Å². The maximum atomic E-state index is 10.4. The Morgan fingerprint density at radius 2 is 2.56 bits per heavy atom. The molecule has 0 unspecified atom stereocenters. The minimum atomic E-state index is 0.326. The van der Waals surface area contributed by atoms with Crippen molar-refractivity contribution in [3.8, 4) is 5.88 Å². The van der Waals surface area contributed by atoms with Crippen molar-refractivity contribution < 1.29 is 9.58 Å². The van der Waals surface area contributed by atoms with Gasteiger partial charge in [-0.3, -0.25) is 0 Å². The Bertz CT molecular complexity index is 202. The maximum Gasteiger partial charge on any atom is 0.280 e. The van der Waals surface area contributed by atoms with Gasteiger partial charge in [0.1, 0.15) is 0 Å². The van der Waals surface area contributed by atoms with E-state index in [4.69, 9.17) is 0 Å². The van der Waals surface area contributed by atoms with Gasteiger partial charge in [-0.05, 0) is 0 Å². The van der Waals surface area contributed by atoms with Gasteiger partial charge in [-0.2, -0.15) is 0 Å². The van der Waals surface area contributed by atoms with Crippen LogP contribution >= 0.6 is 0 Å². The van der Waals surface area contributed by atoms with Crippen LogP contribution in [0.25, 0.3) is 0 Å². The highest BCUT2D eigenvalue weighted by atomic mass is 16.5. The summed E-state index contributed by atoms with van der Waals surface area (Å²) in [4.78, 5) is 0.443. The molecule has 9 heavy (non-hydrogen) atoms. The highest BCUT2D eigenvalue weighted by Crippen LogP contribution is 1.96. The smallest absolute Gasteiger partial charge is 0.280 e. The predicted octanol–water partition coefficient (Wildman–Crippen LogP) is -0.276. The molecule has 1 rings (SSSR count). The van der Waals surface area contributed by atoms with Crippen molar-refractivity contribution in [1.82, 2.24) is 5.10 Å². The van der Waals surface area contributed by atoms with E-state index in [1.54, 1.807) is 12.1 Å². The number of methoxy groups -OCH3 is 1. The molecule has 4 nitrogen and oxygen atoms in total. The number of hydrogen-bond acceptors (Lipinski definition) is 3. The molecule has 0 amide bonds. The first kappa shape index (κ1) is 5.81. The number of nitrogens with zero attached hydrogens (tertiary/aromatic N) is 2. The second kappa shape index (κ2) is 2.30. The van der Waals surface area contributed by atoms with Crippen LogP contribution in [-0.2, 0) is 0 Å². The van der Waals surface area contributed by atoms with Crippen LogP contribution < -0.4 is 9.58 Å². The maximum absolute atomic E-state index is 10.4. The fourth-order valence-corrected chi connectivity index (χ4v) is 0.472. The molecule has 0 aromatic carbocycles. The standard InChI is InChI=1S/C5H6N2O2/c1-9-5-3-2-4-7(8)6-5/h2-4H,1H3.